The quantitative estimate of drug-likeness (QED) is 0.0220. The summed E-state index contributed by atoms with van der Waals surface area (Å²) in [6.07, 6.45) is -68.3. The van der Waals surface area contributed by atoms with Gasteiger partial charge in [0, 0.05) is 6.92 Å². The van der Waals surface area contributed by atoms with E-state index in [9.17, 15) is 122 Å². The van der Waals surface area contributed by atoms with Gasteiger partial charge in [-0.15, -0.1) is 0 Å². The highest BCUT2D eigenvalue weighted by Crippen LogP contribution is 2.76. The van der Waals surface area contributed by atoms with Gasteiger partial charge in [-0.05, 0) is 118 Å². The van der Waals surface area contributed by atoms with Crippen LogP contribution < -0.4 is 0 Å². The topological polar surface area (TPSA) is 650 Å². The normalized spacial score (nSPS) is 54.1. The number of fused-ring (bicyclic) bond motifs is 7. The molecule has 4 saturated carbocycles. The second-order valence-electron chi connectivity index (χ2n) is 36.9. The van der Waals surface area contributed by atoms with E-state index in [4.69, 9.17) is 80.5 Å². The monoisotopic (exact) mass is 1730 g/mol. The zero-order chi connectivity index (χ0) is 87.8. The van der Waals surface area contributed by atoms with Crippen LogP contribution in [0, 0.1) is 50.2 Å². The van der Waals surface area contributed by atoms with E-state index in [1.165, 1.54) is 20.8 Å². The summed E-state index contributed by atoms with van der Waals surface area (Å²) in [5.74, 6) is -5.30. The number of carbonyl (C=O) groups excluding carboxylic acids is 3. The Balaban J connectivity index is 0.779. The molecule has 0 aromatic heterocycles. The molecule has 42 heteroatoms. The van der Waals surface area contributed by atoms with Gasteiger partial charge in [0.1, 0.15) is 158 Å². The van der Waals surface area contributed by atoms with Gasteiger partial charge < -0.3 is 193 Å². The number of ether oxygens (including phenoxy) is 17. The van der Waals surface area contributed by atoms with Crippen molar-refractivity contribution >= 4 is 24.2 Å². The molecule has 0 radical (unpaired) electrons. The largest absolute Gasteiger partial charge is 0.479 e. The smallest absolute Gasteiger partial charge is 0.335 e. The van der Waals surface area contributed by atoms with Crippen LogP contribution in [0.4, 0.5) is 0 Å². The number of rotatable bonds is 21. The first-order valence-electron chi connectivity index (χ1n) is 41.3. The summed E-state index contributed by atoms with van der Waals surface area (Å²) in [6.45, 7) is 14.2. The van der Waals surface area contributed by atoms with Crippen LogP contribution in [0.3, 0.4) is 0 Å². The summed E-state index contributed by atoms with van der Waals surface area (Å²) in [4.78, 5) is 56.2. The summed E-state index contributed by atoms with van der Waals surface area (Å²) in [6, 6.07) is 0. The minimum atomic E-state index is -2.25. The van der Waals surface area contributed by atoms with Crippen molar-refractivity contribution in [3.05, 3.63) is 11.6 Å². The Kier molecular flexibility index (Phi) is 28.1. The van der Waals surface area contributed by atoms with E-state index in [0.29, 0.717) is 38.5 Å². The van der Waals surface area contributed by atoms with E-state index < -0.39 is 334 Å². The third-order valence-electron chi connectivity index (χ3n) is 29.2. The second kappa shape index (κ2) is 35.8. The molecule has 13 aliphatic rings. The Morgan fingerprint density at radius 2 is 0.942 bits per heavy atom. The number of carbonyl (C=O) groups is 4. The summed E-state index contributed by atoms with van der Waals surface area (Å²) < 4.78 is 103. The average molecular weight is 1730 g/mol. The van der Waals surface area contributed by atoms with Crippen molar-refractivity contribution in [2.24, 2.45) is 50.2 Å². The van der Waals surface area contributed by atoms with Gasteiger partial charge in [0.15, 0.2) is 62.3 Å². The first kappa shape index (κ1) is 94.0. The average Bonchev–Trinajstić information content (AvgIpc) is 0.668. The fourth-order valence-corrected chi connectivity index (χ4v) is 22.0. The van der Waals surface area contributed by atoms with Crippen LogP contribution in [-0.4, -0.2) is 404 Å². The lowest BCUT2D eigenvalue weighted by Crippen LogP contribution is -2.69. The Labute approximate surface area is 689 Å². The lowest BCUT2D eigenvalue weighted by molar-refractivity contribution is -0.393. The number of carboxylic acid groups (broad SMARTS) is 1. The molecule has 21 N–H and O–H groups in total. The summed E-state index contributed by atoms with van der Waals surface area (Å²) in [5, 5.41) is 234. The SMILES string of the molecule is CC(=O)O[C@@H]1[C@@H](O)[C@H](C)O[C@@H](O[C@H]2[C@@H](O)[C@@H](C)O[C@@H](OC(=O)[C@]34CCC(C)(C)C[C@H]3C3=CCC5[C@@]6(C)CC[C@H](O[C@@H]7O[C@H](C(=O)O)[C@@H](O)[C@H](O[C@@H]8OC[C@@H](O)[C@H](O)[C@H]8O)[C@H]7O[C@@H]7O[C@H](CO)[C@H](O)[C@H](O)[C@H]7O)[C@@](C)(C=O)C6CC[C@@]5(C)[C@]3(C)C[C@H]4O)[C@@H]2O[C@@H]2O[C@@H](C)[C@H](O[C@@H]3OC[C@@H](O)[C@H](O[C@@H]4O[C@H](CO)[C@@H](O)[C@H](O)[C@H]4O)[C@H]3O)[C@@H](O)[C@H]2O)[C@@H]1O. The van der Waals surface area contributed by atoms with E-state index in [2.05, 4.69) is 26.8 Å². The number of aldehydes is 1. The van der Waals surface area contributed by atoms with Crippen LogP contribution in [0.25, 0.3) is 0 Å². The third kappa shape index (κ3) is 16.5. The zero-order valence-electron chi connectivity index (χ0n) is 68.1. The molecule has 0 bridgehead atoms. The van der Waals surface area contributed by atoms with Crippen LogP contribution in [0.1, 0.15) is 127 Å². The Morgan fingerprint density at radius 1 is 0.450 bits per heavy atom. The van der Waals surface area contributed by atoms with Gasteiger partial charge in [-0.1, -0.05) is 53.2 Å². The fraction of sp³-hybridized carbons (Fsp3) is 0.923. The highest BCUT2D eigenvalue weighted by molar-refractivity contribution is 5.80. The number of allylic oxidation sites excluding steroid dienone is 2. The number of aliphatic carboxylic acids is 1. The van der Waals surface area contributed by atoms with Gasteiger partial charge in [-0.3, -0.25) is 9.59 Å². The number of hydrogen-bond acceptors (Lipinski definition) is 41. The molecule has 0 spiro atoms. The van der Waals surface area contributed by atoms with Crippen molar-refractivity contribution in [2.45, 2.75) is 373 Å². The summed E-state index contributed by atoms with van der Waals surface area (Å²) in [7, 11) is 0. The maximum absolute atomic E-state index is 16.3. The number of aliphatic hydroxyl groups is 20. The van der Waals surface area contributed by atoms with Crippen molar-refractivity contribution in [2.75, 3.05) is 26.4 Å². The summed E-state index contributed by atoms with van der Waals surface area (Å²) >= 11 is 0. The molecule has 48 atom stereocenters. The predicted octanol–water partition coefficient (Wildman–Crippen LogP) is -7.56. The minimum absolute atomic E-state index is 0.0313. The molecular formula is C78H122O42. The number of carboxylic acids is 1. The molecule has 0 amide bonds. The molecule has 8 aliphatic heterocycles. The van der Waals surface area contributed by atoms with Crippen LogP contribution in [-0.2, 0) is 99.7 Å². The molecule has 42 nitrogen and oxygen atoms in total. The number of hydrogen-bond donors (Lipinski definition) is 21. The van der Waals surface area contributed by atoms with E-state index in [1.807, 2.05) is 13.8 Å². The molecule has 5 aliphatic carbocycles. The lowest BCUT2D eigenvalue weighted by atomic mass is 9.33. The summed E-state index contributed by atoms with van der Waals surface area (Å²) in [5.41, 5.74) is -5.40. The molecule has 13 rings (SSSR count). The standard InChI is InChI=1S/C78H122O42/c1-26-40(86)57(109-29(4)82)54(100)69(106-26)116-58-41(87)27(2)107-70(61(58)118-66-51(97)47(93)55(28(3)108-66)113-65-53(99)56(33(84)24-105-65)114-67-49(95)45(91)43(89)34(21-79)110-67)120-72(103)78-18-17-73(5,6)19-31(78)30-11-12-37-74(7)15-14-39(75(8,25-81)36(74)13-16-76(37,9)77(30,10)20-38(78)85)112-71-62(119-68-50(96)46(92)44(90)35(22-80)111-68)59(52(98)60(117-71)63(101)102)115-64-48(94)42(88)32(83)23-104-64/h11,25-28,31-62,64-71,79-80,83-100H,12-24H2,1-10H3,(H,101,102)/t26-,27+,28-,31-,32+,33+,34+,35+,36?,37?,38+,39-,40-,41-,42-,43+,44-,45-,46-,47-,48+,49+,50+,51+,52-,53+,54+,55-,56-,57+,58-,59-,60-,61+,62+,64-,65-,66-,67-,68-,69-,70-,71+,74-,75-,76+,77+,78+/m0/s1. The molecule has 0 aromatic carbocycles. The Bertz CT molecular complexity index is 3580. The van der Waals surface area contributed by atoms with Crippen molar-refractivity contribution < 1.29 is 207 Å². The Hall–Kier alpha value is -3.58. The molecule has 12 fully saturated rings. The van der Waals surface area contributed by atoms with Gasteiger partial charge in [-0.25, -0.2) is 4.79 Å². The molecule has 686 valence electrons. The molecular weight excluding hydrogens is 1610 g/mol. The van der Waals surface area contributed by atoms with Crippen molar-refractivity contribution in [1.29, 1.82) is 0 Å². The molecule has 8 heterocycles. The number of aliphatic hydroxyl groups excluding tert-OH is 20. The van der Waals surface area contributed by atoms with E-state index in [0.717, 1.165) is 18.8 Å². The third-order valence-corrected chi connectivity index (χ3v) is 29.2. The number of esters is 2. The Morgan fingerprint density at radius 3 is 1.53 bits per heavy atom. The van der Waals surface area contributed by atoms with Crippen molar-refractivity contribution in [3.8, 4) is 0 Å². The first-order chi connectivity index (χ1) is 56.3. The molecule has 8 saturated heterocycles. The molecule has 120 heavy (non-hydrogen) atoms. The highest BCUT2D eigenvalue weighted by Gasteiger charge is 2.74. The van der Waals surface area contributed by atoms with Gasteiger partial charge in [0.05, 0.1) is 62.4 Å². The van der Waals surface area contributed by atoms with Gasteiger partial charge in [0.2, 0.25) is 6.29 Å². The lowest BCUT2D eigenvalue weighted by Gasteiger charge is -2.71. The van der Waals surface area contributed by atoms with Crippen LogP contribution in [0.2, 0.25) is 0 Å². The zero-order valence-corrected chi connectivity index (χ0v) is 68.1. The first-order valence-corrected chi connectivity index (χ1v) is 41.3. The molecule has 0 aromatic rings. The van der Waals surface area contributed by atoms with E-state index in [1.54, 1.807) is 6.92 Å². The maximum atomic E-state index is 16.3. The minimum Gasteiger partial charge on any atom is -0.479 e. The fourth-order valence-electron chi connectivity index (χ4n) is 22.0. The van der Waals surface area contributed by atoms with Crippen LogP contribution >= 0.6 is 0 Å². The molecule has 2 unspecified atom stereocenters. The van der Waals surface area contributed by atoms with E-state index >= 15 is 4.79 Å². The predicted molar refractivity (Wildman–Crippen MR) is 389 cm³/mol. The van der Waals surface area contributed by atoms with Gasteiger partial charge >= 0.3 is 17.9 Å². The van der Waals surface area contributed by atoms with Gasteiger partial charge in [0.25, 0.3) is 0 Å². The van der Waals surface area contributed by atoms with Crippen molar-refractivity contribution in [3.63, 3.8) is 0 Å². The maximum Gasteiger partial charge on any atom is 0.335 e. The van der Waals surface area contributed by atoms with Crippen LogP contribution in [0.5, 0.6) is 0 Å². The van der Waals surface area contributed by atoms with Gasteiger partial charge in [-0.2, -0.15) is 0 Å². The van der Waals surface area contributed by atoms with Crippen LogP contribution in [0.15, 0.2) is 11.6 Å². The second-order valence-corrected chi connectivity index (χ2v) is 36.9. The van der Waals surface area contributed by atoms with Crippen molar-refractivity contribution in [1.82, 2.24) is 0 Å². The van der Waals surface area contributed by atoms with E-state index in [-0.39, 0.29) is 25.2 Å². The highest BCUT2D eigenvalue weighted by atomic mass is 16.8.